The van der Waals surface area contributed by atoms with Crippen molar-refractivity contribution in [3.8, 4) is 6.07 Å². The van der Waals surface area contributed by atoms with Gasteiger partial charge in [-0.15, -0.1) is 0 Å². The fourth-order valence-corrected chi connectivity index (χ4v) is 2.49. The zero-order valence-electron chi connectivity index (χ0n) is 9.90. The molecule has 88 valence electrons. The molecular weight excluding hydrogens is 214 g/mol. The maximum atomic E-state index is 11.6. The summed E-state index contributed by atoms with van der Waals surface area (Å²) in [4.78, 5) is 11.6. The minimum atomic E-state index is -0.678. The molecular formula is C14H15NO2. The van der Waals surface area contributed by atoms with E-state index in [2.05, 4.69) is 6.07 Å². The van der Waals surface area contributed by atoms with Gasteiger partial charge in [0.25, 0.3) is 0 Å². The first-order chi connectivity index (χ1) is 8.22. The number of carbonyl (C=O) groups excluding carboxylic acids is 1. The second kappa shape index (κ2) is 4.58. The first kappa shape index (κ1) is 11.7. The lowest BCUT2D eigenvalue weighted by Gasteiger charge is -2.20. The van der Waals surface area contributed by atoms with E-state index in [1.807, 2.05) is 24.3 Å². The van der Waals surface area contributed by atoms with Crippen molar-refractivity contribution in [3.63, 3.8) is 0 Å². The normalized spacial score (nSPS) is 21.6. The van der Waals surface area contributed by atoms with Crippen LogP contribution in [0.25, 0.3) is 0 Å². The van der Waals surface area contributed by atoms with Crippen molar-refractivity contribution < 1.29 is 9.53 Å². The zero-order valence-corrected chi connectivity index (χ0v) is 9.90. The summed E-state index contributed by atoms with van der Waals surface area (Å²) in [5, 5.41) is 9.42. The second-order valence-electron chi connectivity index (χ2n) is 4.33. The Morgan fingerprint density at radius 2 is 2.29 bits per heavy atom. The minimum Gasteiger partial charge on any atom is -0.466 e. The monoisotopic (exact) mass is 229 g/mol. The van der Waals surface area contributed by atoms with Gasteiger partial charge in [0.1, 0.15) is 0 Å². The van der Waals surface area contributed by atoms with Gasteiger partial charge in [0.2, 0.25) is 0 Å². The molecule has 0 spiro atoms. The zero-order chi connectivity index (χ0) is 12.3. The molecule has 0 fully saturated rings. The summed E-state index contributed by atoms with van der Waals surface area (Å²) in [6.45, 7) is 2.14. The van der Waals surface area contributed by atoms with Gasteiger partial charge in [-0.3, -0.25) is 4.79 Å². The van der Waals surface area contributed by atoms with Crippen LogP contribution in [0.2, 0.25) is 0 Å². The smallest absolute Gasteiger partial charge is 0.307 e. The molecule has 17 heavy (non-hydrogen) atoms. The molecule has 1 unspecified atom stereocenters. The molecule has 0 saturated carbocycles. The molecule has 0 N–H and O–H groups in total. The summed E-state index contributed by atoms with van der Waals surface area (Å²) >= 11 is 0. The first-order valence-corrected chi connectivity index (χ1v) is 5.87. The van der Waals surface area contributed by atoms with E-state index in [1.165, 1.54) is 5.56 Å². The summed E-state index contributed by atoms with van der Waals surface area (Å²) in [5.74, 6) is -0.286. The number of esters is 1. The van der Waals surface area contributed by atoms with E-state index in [4.69, 9.17) is 4.74 Å². The van der Waals surface area contributed by atoms with Gasteiger partial charge in [0, 0.05) is 0 Å². The van der Waals surface area contributed by atoms with E-state index < -0.39 is 5.41 Å². The van der Waals surface area contributed by atoms with Crippen molar-refractivity contribution in [2.75, 3.05) is 6.61 Å². The van der Waals surface area contributed by atoms with Crippen LogP contribution in [-0.4, -0.2) is 12.6 Å². The third kappa shape index (κ3) is 2.03. The number of aryl methyl sites for hydroxylation is 1. The first-order valence-electron chi connectivity index (χ1n) is 5.87. The van der Waals surface area contributed by atoms with Gasteiger partial charge < -0.3 is 4.74 Å². The lowest BCUT2D eigenvalue weighted by molar-refractivity contribution is -0.144. The molecule has 0 aliphatic heterocycles. The van der Waals surface area contributed by atoms with Crippen LogP contribution >= 0.6 is 0 Å². The Kier molecular flexibility index (Phi) is 3.14. The topological polar surface area (TPSA) is 50.1 Å². The SMILES string of the molecule is CCOC(=O)CC1(C#N)CCc2ccccc21. The summed E-state index contributed by atoms with van der Waals surface area (Å²) in [6, 6.07) is 10.2. The Hall–Kier alpha value is -1.82. The van der Waals surface area contributed by atoms with E-state index in [-0.39, 0.29) is 12.4 Å². The highest BCUT2D eigenvalue weighted by Crippen LogP contribution is 2.41. The molecule has 0 aromatic heterocycles. The van der Waals surface area contributed by atoms with Crippen LogP contribution in [0.15, 0.2) is 24.3 Å². The van der Waals surface area contributed by atoms with Gasteiger partial charge in [-0.25, -0.2) is 0 Å². The third-order valence-corrected chi connectivity index (χ3v) is 3.32. The van der Waals surface area contributed by atoms with Gasteiger partial charge in [-0.2, -0.15) is 5.26 Å². The summed E-state index contributed by atoms with van der Waals surface area (Å²) < 4.78 is 4.96. The number of rotatable bonds is 3. The molecule has 3 heteroatoms. The number of fused-ring (bicyclic) bond motifs is 1. The number of hydrogen-bond acceptors (Lipinski definition) is 3. The fourth-order valence-electron chi connectivity index (χ4n) is 2.49. The average molecular weight is 229 g/mol. The number of carbonyl (C=O) groups is 1. The number of ether oxygens (including phenoxy) is 1. The molecule has 1 atom stereocenters. The maximum Gasteiger partial charge on any atom is 0.307 e. The highest BCUT2D eigenvalue weighted by Gasteiger charge is 2.41. The van der Waals surface area contributed by atoms with Crippen molar-refractivity contribution in [3.05, 3.63) is 35.4 Å². The van der Waals surface area contributed by atoms with Crippen molar-refractivity contribution in [1.82, 2.24) is 0 Å². The van der Waals surface area contributed by atoms with E-state index in [0.29, 0.717) is 13.0 Å². The Balaban J connectivity index is 2.29. The maximum absolute atomic E-state index is 11.6. The second-order valence-corrected chi connectivity index (χ2v) is 4.33. The quantitative estimate of drug-likeness (QED) is 0.747. The van der Waals surface area contributed by atoms with E-state index in [1.54, 1.807) is 6.92 Å². The molecule has 1 aliphatic carbocycles. The molecule has 1 aliphatic rings. The van der Waals surface area contributed by atoms with E-state index in [9.17, 15) is 10.1 Å². The highest BCUT2D eigenvalue weighted by molar-refractivity contribution is 5.73. The van der Waals surface area contributed by atoms with Crippen LogP contribution < -0.4 is 0 Å². The van der Waals surface area contributed by atoms with Crippen LogP contribution in [0.5, 0.6) is 0 Å². The van der Waals surface area contributed by atoms with Gasteiger partial charge in [0.05, 0.1) is 24.5 Å². The van der Waals surface area contributed by atoms with Gasteiger partial charge in [-0.1, -0.05) is 24.3 Å². The van der Waals surface area contributed by atoms with Crippen molar-refractivity contribution in [2.24, 2.45) is 0 Å². The minimum absolute atomic E-state index is 0.161. The van der Waals surface area contributed by atoms with Crippen LogP contribution in [0.1, 0.15) is 30.9 Å². The van der Waals surface area contributed by atoms with Gasteiger partial charge in [0.15, 0.2) is 0 Å². The molecule has 0 amide bonds. The number of nitriles is 1. The Labute approximate surface area is 101 Å². The van der Waals surface area contributed by atoms with Crippen molar-refractivity contribution >= 4 is 5.97 Å². The Bertz CT molecular complexity index is 475. The molecule has 0 bridgehead atoms. The lowest BCUT2D eigenvalue weighted by Crippen LogP contribution is -2.26. The lowest BCUT2D eigenvalue weighted by atomic mass is 9.80. The largest absolute Gasteiger partial charge is 0.466 e. The molecule has 0 heterocycles. The molecule has 3 nitrogen and oxygen atoms in total. The van der Waals surface area contributed by atoms with E-state index >= 15 is 0 Å². The van der Waals surface area contributed by atoms with Crippen LogP contribution in [0, 0.1) is 11.3 Å². The number of hydrogen-bond donors (Lipinski definition) is 0. The van der Waals surface area contributed by atoms with Crippen LogP contribution in [0.4, 0.5) is 0 Å². The van der Waals surface area contributed by atoms with Crippen molar-refractivity contribution in [1.29, 1.82) is 5.26 Å². The standard InChI is InChI=1S/C14H15NO2/c1-2-17-13(16)9-14(10-15)8-7-11-5-3-4-6-12(11)14/h3-6H,2,7-9H2,1H3. The molecule has 1 aromatic rings. The summed E-state index contributed by atoms with van der Waals surface area (Å²) in [6.07, 6.45) is 1.74. The third-order valence-electron chi connectivity index (χ3n) is 3.32. The molecule has 0 radical (unpaired) electrons. The van der Waals surface area contributed by atoms with E-state index in [0.717, 1.165) is 12.0 Å². The predicted octanol–water partition coefficient (Wildman–Crippen LogP) is 2.35. The Morgan fingerprint density at radius 3 is 3.00 bits per heavy atom. The fraction of sp³-hybridized carbons (Fsp3) is 0.429. The number of benzene rings is 1. The molecule has 1 aromatic carbocycles. The predicted molar refractivity (Wildman–Crippen MR) is 63.3 cm³/mol. The van der Waals surface area contributed by atoms with Gasteiger partial charge >= 0.3 is 5.97 Å². The van der Waals surface area contributed by atoms with Crippen LogP contribution in [-0.2, 0) is 21.4 Å². The average Bonchev–Trinajstić information content (AvgIpc) is 2.70. The summed E-state index contributed by atoms with van der Waals surface area (Å²) in [7, 11) is 0. The van der Waals surface area contributed by atoms with Crippen LogP contribution in [0.3, 0.4) is 0 Å². The highest BCUT2D eigenvalue weighted by atomic mass is 16.5. The summed E-state index contributed by atoms with van der Waals surface area (Å²) in [5.41, 5.74) is 1.50. The number of nitrogens with zero attached hydrogens (tertiary/aromatic N) is 1. The van der Waals surface area contributed by atoms with Crippen molar-refractivity contribution in [2.45, 2.75) is 31.6 Å². The Morgan fingerprint density at radius 1 is 1.53 bits per heavy atom. The molecule has 2 rings (SSSR count). The molecule has 0 saturated heterocycles. The van der Waals surface area contributed by atoms with Gasteiger partial charge in [-0.05, 0) is 30.9 Å².